The molecule has 0 bridgehead atoms. The number of para-hydroxylation sites is 1. The van der Waals surface area contributed by atoms with Crippen molar-refractivity contribution in [3.8, 4) is 0 Å². The van der Waals surface area contributed by atoms with Crippen LogP contribution in [0.1, 0.15) is 17.7 Å². The lowest BCUT2D eigenvalue weighted by Crippen LogP contribution is -3.12. The molecule has 1 unspecified atom stereocenters. The maximum Gasteiger partial charge on any atom is 0.279 e. The Labute approximate surface area is 145 Å². The smallest absolute Gasteiger partial charge is 0.279 e. The van der Waals surface area contributed by atoms with Gasteiger partial charge >= 0.3 is 0 Å². The first-order valence-corrected chi connectivity index (χ1v) is 9.10. The van der Waals surface area contributed by atoms with Gasteiger partial charge in [0.25, 0.3) is 5.91 Å². The normalized spacial score (nSPS) is 18.5. The second kappa shape index (κ2) is 8.37. The Morgan fingerprint density at radius 1 is 1.33 bits per heavy atom. The third-order valence-electron chi connectivity index (χ3n) is 4.10. The summed E-state index contributed by atoms with van der Waals surface area (Å²) in [5.41, 5.74) is 0.232. The van der Waals surface area contributed by atoms with E-state index in [-0.39, 0.29) is 17.7 Å². The zero-order valence-electron chi connectivity index (χ0n) is 13.5. The van der Waals surface area contributed by atoms with E-state index >= 15 is 0 Å². The Balaban J connectivity index is 1.61. The van der Waals surface area contributed by atoms with E-state index in [1.54, 1.807) is 29.5 Å². The van der Waals surface area contributed by atoms with Crippen LogP contribution in [0.4, 0.5) is 10.1 Å². The fourth-order valence-corrected chi connectivity index (χ4v) is 3.75. The third kappa shape index (κ3) is 4.87. The van der Waals surface area contributed by atoms with Crippen molar-refractivity contribution in [3.05, 3.63) is 52.5 Å². The van der Waals surface area contributed by atoms with E-state index in [0.29, 0.717) is 6.54 Å². The van der Waals surface area contributed by atoms with Gasteiger partial charge < -0.3 is 15.0 Å². The van der Waals surface area contributed by atoms with Gasteiger partial charge in [-0.2, -0.15) is 0 Å². The average Bonchev–Trinajstić information content (AvgIpc) is 3.23. The van der Waals surface area contributed by atoms with Crippen LogP contribution in [0.25, 0.3) is 0 Å². The molecule has 2 N–H and O–H groups in total. The molecule has 128 valence electrons. The number of halogens is 1. The highest BCUT2D eigenvalue weighted by Gasteiger charge is 2.24. The Morgan fingerprint density at radius 2 is 2.21 bits per heavy atom. The number of quaternary nitrogens is 1. The molecule has 1 fully saturated rings. The first kappa shape index (κ1) is 17.1. The van der Waals surface area contributed by atoms with Crippen LogP contribution in [-0.2, 0) is 16.1 Å². The molecule has 3 rings (SSSR count). The van der Waals surface area contributed by atoms with E-state index in [4.69, 9.17) is 4.74 Å². The van der Waals surface area contributed by atoms with Crippen molar-refractivity contribution < 1.29 is 18.8 Å². The molecular weight excluding hydrogens is 327 g/mol. The van der Waals surface area contributed by atoms with Crippen LogP contribution in [-0.4, -0.2) is 31.7 Å². The molecule has 1 aliphatic heterocycles. The fraction of sp³-hybridized carbons (Fsp3) is 0.389. The Morgan fingerprint density at radius 3 is 2.92 bits per heavy atom. The molecule has 0 saturated carbocycles. The highest BCUT2D eigenvalue weighted by atomic mass is 32.1. The summed E-state index contributed by atoms with van der Waals surface area (Å²) in [5.74, 6) is -0.588. The second-order valence-corrected chi connectivity index (χ2v) is 7.08. The number of amides is 1. The third-order valence-corrected chi connectivity index (χ3v) is 4.98. The molecule has 6 heteroatoms. The van der Waals surface area contributed by atoms with Crippen molar-refractivity contribution in [2.45, 2.75) is 25.5 Å². The van der Waals surface area contributed by atoms with Gasteiger partial charge in [0.05, 0.1) is 10.6 Å². The largest absolute Gasteiger partial charge is 0.372 e. The molecule has 1 amide bonds. The van der Waals surface area contributed by atoms with Gasteiger partial charge in [-0.1, -0.05) is 18.2 Å². The summed E-state index contributed by atoms with van der Waals surface area (Å²) in [6, 6.07) is 10.3. The molecule has 0 spiro atoms. The molecule has 0 radical (unpaired) electrons. The standard InChI is InChI=1S/C18H21FN2O2S/c19-16-7-1-2-8-17(16)20-18(22)13-21(11-14-5-3-9-23-14)12-15-6-4-10-24-15/h1-2,4,6-8,10,14H,3,5,9,11-13H2,(H,20,22)/p+1/t14-/m0/s1. The molecule has 2 heterocycles. The molecule has 1 aromatic carbocycles. The zero-order chi connectivity index (χ0) is 16.8. The fourth-order valence-electron chi connectivity index (χ4n) is 2.98. The average molecular weight is 349 g/mol. The van der Waals surface area contributed by atoms with Gasteiger partial charge in [-0.05, 0) is 36.4 Å². The van der Waals surface area contributed by atoms with E-state index in [1.165, 1.54) is 10.9 Å². The zero-order valence-corrected chi connectivity index (χ0v) is 14.3. The highest BCUT2D eigenvalue weighted by Crippen LogP contribution is 2.12. The number of anilines is 1. The van der Waals surface area contributed by atoms with Crippen molar-refractivity contribution in [3.63, 3.8) is 0 Å². The van der Waals surface area contributed by atoms with Gasteiger partial charge in [0, 0.05) is 6.61 Å². The number of nitrogens with one attached hydrogen (secondary N) is 2. The van der Waals surface area contributed by atoms with Crippen LogP contribution in [0.5, 0.6) is 0 Å². The van der Waals surface area contributed by atoms with Gasteiger partial charge in [0.2, 0.25) is 0 Å². The molecule has 1 aliphatic rings. The quantitative estimate of drug-likeness (QED) is 0.804. The van der Waals surface area contributed by atoms with Crippen LogP contribution < -0.4 is 10.2 Å². The monoisotopic (exact) mass is 349 g/mol. The number of benzene rings is 1. The summed E-state index contributed by atoms with van der Waals surface area (Å²) in [5, 5.41) is 4.71. The Hall–Kier alpha value is -1.76. The van der Waals surface area contributed by atoms with Crippen LogP contribution in [0.2, 0.25) is 0 Å². The summed E-state index contributed by atoms with van der Waals surface area (Å²) in [6.07, 6.45) is 2.34. The number of hydrogen-bond acceptors (Lipinski definition) is 3. The van der Waals surface area contributed by atoms with Crippen molar-refractivity contribution in [2.24, 2.45) is 0 Å². The highest BCUT2D eigenvalue weighted by molar-refractivity contribution is 7.09. The SMILES string of the molecule is O=C(C[NH+](Cc1cccs1)C[C@@H]1CCCO1)Nc1ccccc1F. The summed E-state index contributed by atoms with van der Waals surface area (Å²) in [6.45, 7) is 2.68. The molecule has 24 heavy (non-hydrogen) atoms. The molecule has 2 aromatic rings. The van der Waals surface area contributed by atoms with E-state index < -0.39 is 5.82 Å². The van der Waals surface area contributed by atoms with Crippen LogP contribution in [0, 0.1) is 5.82 Å². The number of rotatable bonds is 7. The molecule has 2 atom stereocenters. The summed E-state index contributed by atoms with van der Waals surface area (Å²) in [4.78, 5) is 14.7. The first-order valence-electron chi connectivity index (χ1n) is 8.22. The Kier molecular flexibility index (Phi) is 5.96. The number of ether oxygens (including phenoxy) is 1. The minimum Gasteiger partial charge on any atom is -0.372 e. The number of hydrogen-bond donors (Lipinski definition) is 2. The maximum absolute atomic E-state index is 13.7. The lowest BCUT2D eigenvalue weighted by atomic mass is 10.2. The van der Waals surface area contributed by atoms with Crippen LogP contribution in [0.15, 0.2) is 41.8 Å². The van der Waals surface area contributed by atoms with Crippen molar-refractivity contribution in [2.75, 3.05) is 25.0 Å². The number of carbonyl (C=O) groups excluding carboxylic acids is 1. The van der Waals surface area contributed by atoms with Crippen molar-refractivity contribution >= 4 is 22.9 Å². The molecular formula is C18H22FN2O2S+. The van der Waals surface area contributed by atoms with Crippen molar-refractivity contribution in [1.82, 2.24) is 0 Å². The topological polar surface area (TPSA) is 42.8 Å². The van der Waals surface area contributed by atoms with Crippen LogP contribution in [0.3, 0.4) is 0 Å². The lowest BCUT2D eigenvalue weighted by Gasteiger charge is -2.21. The minimum absolute atomic E-state index is 0.176. The summed E-state index contributed by atoms with van der Waals surface area (Å²) < 4.78 is 19.4. The molecule has 1 aromatic heterocycles. The predicted molar refractivity (Wildman–Crippen MR) is 92.7 cm³/mol. The molecule has 0 aliphatic carbocycles. The maximum atomic E-state index is 13.7. The van der Waals surface area contributed by atoms with E-state index in [9.17, 15) is 9.18 Å². The second-order valence-electron chi connectivity index (χ2n) is 6.05. The lowest BCUT2D eigenvalue weighted by molar-refractivity contribution is -0.908. The number of thiophene rings is 1. The Bertz CT molecular complexity index is 657. The van der Waals surface area contributed by atoms with Gasteiger partial charge in [0.15, 0.2) is 6.54 Å². The minimum atomic E-state index is -0.412. The van der Waals surface area contributed by atoms with E-state index in [0.717, 1.165) is 37.4 Å². The van der Waals surface area contributed by atoms with Gasteiger partial charge in [-0.3, -0.25) is 4.79 Å². The number of carbonyl (C=O) groups is 1. The van der Waals surface area contributed by atoms with Gasteiger partial charge in [-0.25, -0.2) is 4.39 Å². The van der Waals surface area contributed by atoms with Crippen LogP contribution >= 0.6 is 11.3 Å². The molecule has 4 nitrogen and oxygen atoms in total. The molecule has 1 saturated heterocycles. The predicted octanol–water partition coefficient (Wildman–Crippen LogP) is 2.09. The first-order chi connectivity index (χ1) is 11.7. The van der Waals surface area contributed by atoms with E-state index in [1.807, 2.05) is 11.4 Å². The van der Waals surface area contributed by atoms with Gasteiger partial charge in [0.1, 0.15) is 25.0 Å². The summed E-state index contributed by atoms with van der Waals surface area (Å²) >= 11 is 1.69. The van der Waals surface area contributed by atoms with Crippen molar-refractivity contribution in [1.29, 1.82) is 0 Å². The summed E-state index contributed by atoms with van der Waals surface area (Å²) in [7, 11) is 0. The van der Waals surface area contributed by atoms with E-state index in [2.05, 4.69) is 11.4 Å². The van der Waals surface area contributed by atoms with Gasteiger partial charge in [-0.15, -0.1) is 11.3 Å².